The molecular formula is C22H21Cl3N4O2S. The summed E-state index contributed by atoms with van der Waals surface area (Å²) in [6.45, 7) is 6.63. The van der Waals surface area contributed by atoms with Gasteiger partial charge >= 0.3 is 0 Å². The van der Waals surface area contributed by atoms with Crippen molar-refractivity contribution in [3.8, 4) is 5.75 Å². The molecule has 1 amide bonds. The SMILES string of the molecule is C=CCn1c(COc2ccc(CC)cc2)nnc1SCC(=O)Nc1cc(Cl)c(Cl)cc1Cl. The Balaban J connectivity index is 1.62. The lowest BCUT2D eigenvalue weighted by molar-refractivity contribution is -0.113. The largest absolute Gasteiger partial charge is 0.486 e. The van der Waals surface area contributed by atoms with Crippen molar-refractivity contribution in [1.82, 2.24) is 14.8 Å². The molecule has 3 rings (SSSR count). The van der Waals surface area contributed by atoms with Crippen molar-refractivity contribution in [1.29, 1.82) is 0 Å². The lowest BCUT2D eigenvalue weighted by Gasteiger charge is -2.10. The maximum absolute atomic E-state index is 12.4. The number of aryl methyl sites for hydroxylation is 1. The van der Waals surface area contributed by atoms with Crippen LogP contribution in [0.3, 0.4) is 0 Å². The second-order valence-electron chi connectivity index (χ2n) is 6.67. The Labute approximate surface area is 205 Å². The van der Waals surface area contributed by atoms with Crippen LogP contribution in [-0.2, 0) is 24.4 Å². The summed E-state index contributed by atoms with van der Waals surface area (Å²) >= 11 is 19.3. The number of nitrogens with zero attached hydrogens (tertiary/aromatic N) is 3. The highest BCUT2D eigenvalue weighted by Crippen LogP contribution is 2.32. The van der Waals surface area contributed by atoms with Crippen LogP contribution in [0.15, 0.2) is 54.2 Å². The molecule has 1 aromatic heterocycles. The van der Waals surface area contributed by atoms with Crippen LogP contribution in [0.4, 0.5) is 5.69 Å². The second kappa shape index (κ2) is 11.6. The topological polar surface area (TPSA) is 69.0 Å². The zero-order chi connectivity index (χ0) is 23.1. The van der Waals surface area contributed by atoms with Crippen molar-refractivity contribution >= 4 is 58.2 Å². The van der Waals surface area contributed by atoms with E-state index in [2.05, 4.69) is 29.0 Å². The molecule has 168 valence electrons. The summed E-state index contributed by atoms with van der Waals surface area (Å²) in [7, 11) is 0. The molecule has 10 heteroatoms. The number of thioether (sulfide) groups is 1. The fraction of sp³-hybridized carbons (Fsp3) is 0.227. The maximum atomic E-state index is 12.4. The number of ether oxygens (including phenoxy) is 1. The molecule has 0 spiro atoms. The minimum atomic E-state index is -0.266. The average molecular weight is 512 g/mol. The number of hydrogen-bond donors (Lipinski definition) is 1. The van der Waals surface area contributed by atoms with E-state index in [0.717, 1.165) is 12.2 Å². The lowest BCUT2D eigenvalue weighted by atomic mass is 10.2. The standard InChI is InChI=1S/C22H21Cl3N4O2S/c1-3-9-29-20(12-31-15-7-5-14(4-2)6-8-15)27-28-22(29)32-13-21(30)26-19-11-17(24)16(23)10-18(19)25/h3,5-8,10-11H,1,4,9,12-13H2,2H3,(H,26,30). The van der Waals surface area contributed by atoms with Gasteiger partial charge in [0, 0.05) is 6.54 Å². The Morgan fingerprint density at radius 2 is 1.88 bits per heavy atom. The minimum absolute atomic E-state index is 0.102. The zero-order valence-electron chi connectivity index (χ0n) is 17.3. The predicted octanol–water partition coefficient (Wildman–Crippen LogP) is 6.30. The molecule has 0 unspecified atom stereocenters. The van der Waals surface area contributed by atoms with Gasteiger partial charge in [0.25, 0.3) is 0 Å². The molecule has 0 bridgehead atoms. The first-order chi connectivity index (χ1) is 15.4. The third kappa shape index (κ3) is 6.42. The van der Waals surface area contributed by atoms with Gasteiger partial charge in [0.15, 0.2) is 11.0 Å². The van der Waals surface area contributed by atoms with Crippen LogP contribution in [0.1, 0.15) is 18.3 Å². The summed E-state index contributed by atoms with van der Waals surface area (Å²) < 4.78 is 7.70. The Morgan fingerprint density at radius 3 is 2.56 bits per heavy atom. The number of anilines is 1. The number of nitrogens with one attached hydrogen (secondary N) is 1. The average Bonchev–Trinajstić information content (AvgIpc) is 3.16. The number of benzene rings is 2. The summed E-state index contributed by atoms with van der Waals surface area (Å²) in [6.07, 6.45) is 2.71. The van der Waals surface area contributed by atoms with Gasteiger partial charge in [-0.15, -0.1) is 16.8 Å². The fourth-order valence-electron chi connectivity index (χ4n) is 2.75. The number of halogens is 3. The molecule has 0 atom stereocenters. The fourth-order valence-corrected chi connectivity index (χ4v) is 4.11. The Kier molecular flexibility index (Phi) is 8.87. The summed E-state index contributed by atoms with van der Waals surface area (Å²) in [4.78, 5) is 12.4. The van der Waals surface area contributed by atoms with Gasteiger partial charge in [0.2, 0.25) is 5.91 Å². The molecule has 0 aliphatic carbocycles. The smallest absolute Gasteiger partial charge is 0.234 e. The third-order valence-electron chi connectivity index (χ3n) is 4.42. The molecule has 1 heterocycles. The molecule has 0 aliphatic rings. The monoisotopic (exact) mass is 510 g/mol. The van der Waals surface area contributed by atoms with E-state index in [0.29, 0.717) is 38.3 Å². The summed E-state index contributed by atoms with van der Waals surface area (Å²) in [5.41, 5.74) is 1.63. The van der Waals surface area contributed by atoms with Crippen molar-refractivity contribution in [2.45, 2.75) is 31.7 Å². The minimum Gasteiger partial charge on any atom is -0.486 e. The van der Waals surface area contributed by atoms with Crippen LogP contribution in [0.2, 0.25) is 15.1 Å². The van der Waals surface area contributed by atoms with Crippen molar-refractivity contribution < 1.29 is 9.53 Å². The molecule has 0 fully saturated rings. The molecule has 32 heavy (non-hydrogen) atoms. The van der Waals surface area contributed by atoms with Crippen LogP contribution in [-0.4, -0.2) is 26.4 Å². The van der Waals surface area contributed by atoms with E-state index in [-0.39, 0.29) is 18.3 Å². The van der Waals surface area contributed by atoms with E-state index in [1.807, 2.05) is 28.8 Å². The molecule has 3 aromatic rings. The van der Waals surface area contributed by atoms with Crippen LogP contribution in [0.25, 0.3) is 0 Å². The number of amides is 1. The maximum Gasteiger partial charge on any atom is 0.234 e. The van der Waals surface area contributed by atoms with Gasteiger partial charge in [-0.05, 0) is 36.2 Å². The van der Waals surface area contributed by atoms with Gasteiger partial charge in [-0.2, -0.15) is 0 Å². The molecule has 0 radical (unpaired) electrons. The van der Waals surface area contributed by atoms with E-state index in [9.17, 15) is 4.79 Å². The van der Waals surface area contributed by atoms with Crippen LogP contribution in [0, 0.1) is 0 Å². The Morgan fingerprint density at radius 1 is 1.16 bits per heavy atom. The van der Waals surface area contributed by atoms with Gasteiger partial charge in [-0.3, -0.25) is 9.36 Å². The predicted molar refractivity (Wildman–Crippen MR) is 131 cm³/mol. The molecular weight excluding hydrogens is 491 g/mol. The number of rotatable bonds is 10. The van der Waals surface area contributed by atoms with E-state index in [1.165, 1.54) is 29.5 Å². The zero-order valence-corrected chi connectivity index (χ0v) is 20.4. The molecule has 1 N–H and O–H groups in total. The number of carbonyl (C=O) groups is 1. The molecule has 2 aromatic carbocycles. The van der Waals surface area contributed by atoms with E-state index >= 15 is 0 Å². The van der Waals surface area contributed by atoms with Gasteiger partial charge in [-0.1, -0.05) is 71.7 Å². The molecule has 0 aliphatic heterocycles. The van der Waals surface area contributed by atoms with Crippen molar-refractivity contribution in [3.63, 3.8) is 0 Å². The van der Waals surface area contributed by atoms with Gasteiger partial charge in [0.1, 0.15) is 12.4 Å². The highest BCUT2D eigenvalue weighted by molar-refractivity contribution is 7.99. The van der Waals surface area contributed by atoms with Crippen molar-refractivity contribution in [3.05, 3.63) is 75.5 Å². The first-order valence-corrected chi connectivity index (χ1v) is 11.8. The first-order valence-electron chi connectivity index (χ1n) is 9.73. The van der Waals surface area contributed by atoms with Crippen molar-refractivity contribution in [2.24, 2.45) is 0 Å². The summed E-state index contributed by atoms with van der Waals surface area (Å²) in [5.74, 6) is 1.23. The van der Waals surface area contributed by atoms with Crippen LogP contribution in [0.5, 0.6) is 5.75 Å². The Hall–Kier alpha value is -2.19. The highest BCUT2D eigenvalue weighted by Gasteiger charge is 2.15. The second-order valence-corrected chi connectivity index (χ2v) is 8.83. The number of carbonyl (C=O) groups excluding carboxylic acids is 1. The van der Waals surface area contributed by atoms with Crippen LogP contribution >= 0.6 is 46.6 Å². The Bertz CT molecular complexity index is 1100. The lowest BCUT2D eigenvalue weighted by Crippen LogP contribution is -2.15. The van der Waals surface area contributed by atoms with E-state index < -0.39 is 0 Å². The molecule has 6 nitrogen and oxygen atoms in total. The number of hydrogen-bond acceptors (Lipinski definition) is 5. The first kappa shape index (κ1) is 24.5. The van der Waals surface area contributed by atoms with Gasteiger partial charge < -0.3 is 10.1 Å². The van der Waals surface area contributed by atoms with Gasteiger partial charge in [0.05, 0.1) is 26.5 Å². The molecule has 0 saturated heterocycles. The van der Waals surface area contributed by atoms with E-state index in [1.54, 1.807) is 6.08 Å². The van der Waals surface area contributed by atoms with Crippen LogP contribution < -0.4 is 10.1 Å². The van der Waals surface area contributed by atoms with Gasteiger partial charge in [-0.25, -0.2) is 0 Å². The normalized spacial score (nSPS) is 10.8. The van der Waals surface area contributed by atoms with E-state index in [4.69, 9.17) is 39.5 Å². The summed E-state index contributed by atoms with van der Waals surface area (Å²) in [5, 5.41) is 12.7. The number of aromatic nitrogens is 3. The van der Waals surface area contributed by atoms with Crippen molar-refractivity contribution in [2.75, 3.05) is 11.1 Å². The summed E-state index contributed by atoms with van der Waals surface area (Å²) in [6, 6.07) is 10.9. The quantitative estimate of drug-likeness (QED) is 0.197. The third-order valence-corrected chi connectivity index (χ3v) is 6.42. The highest BCUT2D eigenvalue weighted by atomic mass is 35.5. The molecule has 0 saturated carbocycles. The number of allylic oxidation sites excluding steroid dienone is 1.